The topological polar surface area (TPSA) is 54.6 Å². The molecular formula is C23H21NO3. The van der Waals surface area contributed by atoms with E-state index >= 15 is 0 Å². The van der Waals surface area contributed by atoms with Gasteiger partial charge in [-0.3, -0.25) is 4.57 Å². The SMILES string of the molecule is Cc1ccc(COc2ccc(-n3c(O)c4c(c3O)C3C=CC4C3)cc2)cc1. The maximum atomic E-state index is 10.7. The van der Waals surface area contributed by atoms with Crippen LogP contribution in [0.15, 0.2) is 60.7 Å². The minimum Gasteiger partial charge on any atom is -0.494 e. The van der Waals surface area contributed by atoms with E-state index in [1.54, 1.807) is 0 Å². The third-order valence-electron chi connectivity index (χ3n) is 5.64. The van der Waals surface area contributed by atoms with Gasteiger partial charge in [0.2, 0.25) is 11.8 Å². The summed E-state index contributed by atoms with van der Waals surface area (Å²) in [7, 11) is 0. The van der Waals surface area contributed by atoms with Crippen molar-refractivity contribution < 1.29 is 14.9 Å². The molecule has 4 heteroatoms. The fourth-order valence-electron chi connectivity index (χ4n) is 4.23. The summed E-state index contributed by atoms with van der Waals surface area (Å²) in [5.74, 6) is 1.48. The van der Waals surface area contributed by atoms with E-state index in [1.807, 2.05) is 24.3 Å². The van der Waals surface area contributed by atoms with E-state index < -0.39 is 0 Å². The molecule has 136 valence electrons. The molecule has 0 spiro atoms. The van der Waals surface area contributed by atoms with Crippen LogP contribution in [0.5, 0.6) is 17.5 Å². The Morgan fingerprint density at radius 3 is 2.07 bits per heavy atom. The van der Waals surface area contributed by atoms with E-state index in [0.29, 0.717) is 6.61 Å². The van der Waals surface area contributed by atoms with Crippen molar-refractivity contribution in [3.63, 3.8) is 0 Å². The normalized spacial score (nSPS) is 19.4. The van der Waals surface area contributed by atoms with Gasteiger partial charge in [0.05, 0.1) is 5.69 Å². The lowest BCUT2D eigenvalue weighted by Crippen LogP contribution is -1.97. The second-order valence-corrected chi connectivity index (χ2v) is 7.41. The van der Waals surface area contributed by atoms with Crippen LogP contribution in [-0.4, -0.2) is 14.8 Å². The van der Waals surface area contributed by atoms with E-state index in [1.165, 1.54) is 10.1 Å². The summed E-state index contributed by atoms with van der Waals surface area (Å²) in [6.45, 7) is 2.57. The lowest BCUT2D eigenvalue weighted by atomic mass is 10.0. The largest absolute Gasteiger partial charge is 0.494 e. The zero-order chi connectivity index (χ0) is 18.5. The molecule has 2 aliphatic rings. The Morgan fingerprint density at radius 1 is 0.889 bits per heavy atom. The Hall–Kier alpha value is -3.14. The highest BCUT2D eigenvalue weighted by molar-refractivity contribution is 5.62. The zero-order valence-electron chi connectivity index (χ0n) is 15.1. The van der Waals surface area contributed by atoms with Crippen molar-refractivity contribution in [2.45, 2.75) is 31.8 Å². The standard InChI is InChI=1S/C23H21NO3/c1-14-2-4-15(5-3-14)13-27-19-10-8-18(9-11-19)24-22(25)20-16-6-7-17(12-16)21(20)23(24)26/h2-11,16-17,25-26H,12-13H2,1H3. The molecule has 2 N–H and O–H groups in total. The van der Waals surface area contributed by atoms with Crippen LogP contribution in [0.3, 0.4) is 0 Å². The van der Waals surface area contributed by atoms with Crippen LogP contribution in [0.4, 0.5) is 0 Å². The van der Waals surface area contributed by atoms with Crippen molar-refractivity contribution in [2.75, 3.05) is 0 Å². The van der Waals surface area contributed by atoms with E-state index in [4.69, 9.17) is 4.74 Å². The van der Waals surface area contributed by atoms with Crippen molar-refractivity contribution >= 4 is 0 Å². The summed E-state index contributed by atoms with van der Waals surface area (Å²) in [6.07, 6.45) is 5.20. The van der Waals surface area contributed by atoms with Gasteiger partial charge < -0.3 is 14.9 Å². The molecule has 1 heterocycles. The Bertz CT molecular complexity index is 993. The summed E-state index contributed by atoms with van der Waals surface area (Å²) in [4.78, 5) is 0. The molecule has 3 aromatic rings. The van der Waals surface area contributed by atoms with Crippen LogP contribution >= 0.6 is 0 Å². The fraction of sp³-hybridized carbons (Fsp3) is 0.217. The number of aryl methyl sites for hydroxylation is 1. The molecule has 0 saturated heterocycles. The summed E-state index contributed by atoms with van der Waals surface area (Å²) >= 11 is 0. The van der Waals surface area contributed by atoms with Crippen molar-refractivity contribution in [3.05, 3.63) is 82.9 Å². The molecule has 0 aliphatic heterocycles. The minimum atomic E-state index is 0.146. The van der Waals surface area contributed by atoms with E-state index in [2.05, 4.69) is 43.3 Å². The number of fused-ring (bicyclic) bond motifs is 5. The van der Waals surface area contributed by atoms with Crippen molar-refractivity contribution in [1.29, 1.82) is 0 Å². The van der Waals surface area contributed by atoms with Crippen LogP contribution in [0, 0.1) is 6.92 Å². The Labute approximate surface area is 158 Å². The number of nitrogens with zero attached hydrogens (tertiary/aromatic N) is 1. The van der Waals surface area contributed by atoms with E-state index in [0.717, 1.165) is 34.5 Å². The van der Waals surface area contributed by atoms with Crippen LogP contribution < -0.4 is 4.74 Å². The number of aromatic hydroxyl groups is 2. The highest BCUT2D eigenvalue weighted by Gasteiger charge is 2.41. The molecule has 4 nitrogen and oxygen atoms in total. The molecule has 0 fully saturated rings. The molecule has 2 bridgehead atoms. The molecule has 2 aromatic carbocycles. The number of aromatic nitrogens is 1. The minimum absolute atomic E-state index is 0.146. The molecule has 0 radical (unpaired) electrons. The van der Waals surface area contributed by atoms with Gasteiger partial charge in [-0.05, 0) is 43.2 Å². The first-order chi connectivity index (χ1) is 13.1. The van der Waals surface area contributed by atoms with Gasteiger partial charge in [-0.25, -0.2) is 0 Å². The van der Waals surface area contributed by atoms with Crippen LogP contribution in [0.25, 0.3) is 5.69 Å². The van der Waals surface area contributed by atoms with Crippen molar-refractivity contribution in [3.8, 4) is 23.2 Å². The Balaban J connectivity index is 1.38. The second kappa shape index (κ2) is 5.95. The smallest absolute Gasteiger partial charge is 0.202 e. The van der Waals surface area contributed by atoms with Gasteiger partial charge in [-0.2, -0.15) is 0 Å². The first-order valence-electron chi connectivity index (χ1n) is 9.25. The Kier molecular flexibility index (Phi) is 3.54. The lowest BCUT2D eigenvalue weighted by Gasteiger charge is -2.11. The van der Waals surface area contributed by atoms with Gasteiger partial charge in [0.1, 0.15) is 12.4 Å². The van der Waals surface area contributed by atoms with Crippen LogP contribution in [0.2, 0.25) is 0 Å². The predicted molar refractivity (Wildman–Crippen MR) is 104 cm³/mol. The number of ether oxygens (including phenoxy) is 1. The monoisotopic (exact) mass is 359 g/mol. The first kappa shape index (κ1) is 16.1. The molecule has 0 amide bonds. The second-order valence-electron chi connectivity index (χ2n) is 7.41. The average Bonchev–Trinajstić information content (AvgIpc) is 3.36. The van der Waals surface area contributed by atoms with Gasteiger partial charge in [-0.1, -0.05) is 42.0 Å². The van der Waals surface area contributed by atoms with Gasteiger partial charge in [0.25, 0.3) is 0 Å². The molecule has 2 atom stereocenters. The maximum absolute atomic E-state index is 10.7. The lowest BCUT2D eigenvalue weighted by molar-refractivity contribution is 0.306. The molecule has 27 heavy (non-hydrogen) atoms. The highest BCUT2D eigenvalue weighted by atomic mass is 16.5. The molecular weight excluding hydrogens is 338 g/mol. The maximum Gasteiger partial charge on any atom is 0.202 e. The number of hydrogen-bond donors (Lipinski definition) is 2. The summed E-state index contributed by atoms with van der Waals surface area (Å²) in [6, 6.07) is 15.7. The molecule has 5 rings (SSSR count). The van der Waals surface area contributed by atoms with Crippen molar-refractivity contribution in [2.24, 2.45) is 0 Å². The van der Waals surface area contributed by atoms with Gasteiger partial charge >= 0.3 is 0 Å². The van der Waals surface area contributed by atoms with E-state index in [-0.39, 0.29) is 23.6 Å². The fourth-order valence-corrected chi connectivity index (χ4v) is 4.23. The number of hydrogen-bond acceptors (Lipinski definition) is 3. The average molecular weight is 359 g/mol. The number of allylic oxidation sites excluding steroid dienone is 2. The van der Waals surface area contributed by atoms with Crippen molar-refractivity contribution in [1.82, 2.24) is 4.57 Å². The number of benzene rings is 2. The summed E-state index contributed by atoms with van der Waals surface area (Å²) < 4.78 is 7.37. The van der Waals surface area contributed by atoms with Gasteiger partial charge in [-0.15, -0.1) is 0 Å². The number of rotatable bonds is 4. The third-order valence-corrected chi connectivity index (χ3v) is 5.64. The summed E-state index contributed by atoms with van der Waals surface area (Å²) in [5, 5.41) is 21.4. The van der Waals surface area contributed by atoms with Crippen LogP contribution in [0.1, 0.15) is 40.5 Å². The van der Waals surface area contributed by atoms with Gasteiger partial charge in [0, 0.05) is 23.0 Å². The zero-order valence-corrected chi connectivity index (χ0v) is 15.1. The molecule has 2 unspecified atom stereocenters. The summed E-state index contributed by atoms with van der Waals surface area (Å²) in [5.41, 5.74) is 4.82. The molecule has 2 aliphatic carbocycles. The predicted octanol–water partition coefficient (Wildman–Crippen LogP) is 4.92. The highest BCUT2D eigenvalue weighted by Crippen LogP contribution is 2.57. The third kappa shape index (κ3) is 2.52. The molecule has 1 aromatic heterocycles. The van der Waals surface area contributed by atoms with Gasteiger partial charge in [0.15, 0.2) is 0 Å². The van der Waals surface area contributed by atoms with E-state index in [9.17, 15) is 10.2 Å². The molecule has 0 saturated carbocycles. The van der Waals surface area contributed by atoms with Crippen LogP contribution in [-0.2, 0) is 6.61 Å². The quantitative estimate of drug-likeness (QED) is 0.650. The Morgan fingerprint density at radius 2 is 1.48 bits per heavy atom. The first-order valence-corrected chi connectivity index (χ1v) is 9.25.